The summed E-state index contributed by atoms with van der Waals surface area (Å²) in [6, 6.07) is 11.0. The Balaban J connectivity index is 1.51. The van der Waals surface area contributed by atoms with Crippen LogP contribution in [-0.2, 0) is 10.3 Å². The minimum absolute atomic E-state index is 0.0252. The lowest BCUT2D eigenvalue weighted by molar-refractivity contribution is -0.0387. The SMILES string of the molecule is OCC1CC(c2c[nH]c3cc(F)c(-c4ccc(C5(O)CCC5)cc4)cc23)CO1. The molecule has 2 aliphatic rings. The molecule has 3 aromatic rings. The number of aliphatic hydroxyl groups is 2. The minimum Gasteiger partial charge on any atom is -0.394 e. The van der Waals surface area contributed by atoms with E-state index in [0.717, 1.165) is 53.3 Å². The summed E-state index contributed by atoms with van der Waals surface area (Å²) in [4.78, 5) is 3.17. The zero-order chi connectivity index (χ0) is 19.3. The number of nitrogens with one attached hydrogen (secondary N) is 1. The van der Waals surface area contributed by atoms with E-state index in [2.05, 4.69) is 4.98 Å². The van der Waals surface area contributed by atoms with Crippen LogP contribution < -0.4 is 0 Å². The standard InChI is InChI=1S/C23H24FNO3/c24-21-10-22-19(20(11-25-22)15-8-17(12-26)28-13-15)9-18(21)14-2-4-16(5-3-14)23(27)6-1-7-23/h2-5,9-11,15,17,25-27H,1,6-8,12-13H2. The molecule has 3 N–H and O–H groups in total. The third kappa shape index (κ3) is 2.85. The quantitative estimate of drug-likeness (QED) is 0.634. The van der Waals surface area contributed by atoms with Gasteiger partial charge in [-0.25, -0.2) is 4.39 Å². The molecule has 146 valence electrons. The van der Waals surface area contributed by atoms with Crippen LogP contribution in [0, 0.1) is 5.82 Å². The second-order valence-corrected chi connectivity index (χ2v) is 8.15. The Labute approximate surface area is 163 Å². The fraction of sp³-hybridized carbons (Fsp3) is 0.391. The van der Waals surface area contributed by atoms with Crippen molar-refractivity contribution >= 4 is 10.9 Å². The number of aromatic amines is 1. The Hall–Kier alpha value is -2.21. The summed E-state index contributed by atoms with van der Waals surface area (Å²) in [5, 5.41) is 20.8. The number of aromatic nitrogens is 1. The van der Waals surface area contributed by atoms with Gasteiger partial charge in [-0.2, -0.15) is 0 Å². The van der Waals surface area contributed by atoms with Gasteiger partial charge in [0, 0.05) is 28.6 Å². The molecule has 2 heterocycles. The maximum absolute atomic E-state index is 14.8. The van der Waals surface area contributed by atoms with E-state index >= 15 is 0 Å². The van der Waals surface area contributed by atoms with E-state index in [-0.39, 0.29) is 24.4 Å². The molecule has 2 atom stereocenters. The van der Waals surface area contributed by atoms with Crippen LogP contribution in [0.2, 0.25) is 0 Å². The van der Waals surface area contributed by atoms with Gasteiger partial charge in [0.1, 0.15) is 5.82 Å². The second-order valence-electron chi connectivity index (χ2n) is 8.15. The highest BCUT2D eigenvalue weighted by atomic mass is 19.1. The van der Waals surface area contributed by atoms with Gasteiger partial charge >= 0.3 is 0 Å². The fourth-order valence-electron chi connectivity index (χ4n) is 4.53. The first-order valence-electron chi connectivity index (χ1n) is 9.94. The van der Waals surface area contributed by atoms with E-state index in [0.29, 0.717) is 12.2 Å². The predicted octanol–water partition coefficient (Wildman–Crippen LogP) is 4.21. The number of ether oxygens (including phenoxy) is 1. The van der Waals surface area contributed by atoms with Crippen molar-refractivity contribution in [2.45, 2.75) is 43.3 Å². The van der Waals surface area contributed by atoms with Crippen molar-refractivity contribution in [1.29, 1.82) is 0 Å². The molecule has 1 aliphatic heterocycles. The van der Waals surface area contributed by atoms with Crippen molar-refractivity contribution in [1.82, 2.24) is 4.98 Å². The molecular weight excluding hydrogens is 357 g/mol. The topological polar surface area (TPSA) is 65.5 Å². The summed E-state index contributed by atoms with van der Waals surface area (Å²) in [5.41, 5.74) is 3.43. The maximum Gasteiger partial charge on any atom is 0.133 e. The molecule has 0 radical (unpaired) electrons. The van der Waals surface area contributed by atoms with Gasteiger partial charge in [-0.15, -0.1) is 0 Å². The van der Waals surface area contributed by atoms with E-state index in [1.54, 1.807) is 6.07 Å². The van der Waals surface area contributed by atoms with Crippen LogP contribution in [0.15, 0.2) is 42.6 Å². The van der Waals surface area contributed by atoms with Crippen molar-refractivity contribution < 1.29 is 19.3 Å². The average molecular weight is 381 g/mol. The Morgan fingerprint density at radius 1 is 1.18 bits per heavy atom. The van der Waals surface area contributed by atoms with E-state index in [1.807, 2.05) is 36.5 Å². The normalized spacial score (nSPS) is 23.8. The molecule has 1 saturated carbocycles. The number of aliphatic hydroxyl groups excluding tert-OH is 1. The third-order valence-electron chi connectivity index (χ3n) is 6.44. The van der Waals surface area contributed by atoms with E-state index in [4.69, 9.17) is 4.74 Å². The van der Waals surface area contributed by atoms with Gasteiger partial charge in [0.25, 0.3) is 0 Å². The largest absolute Gasteiger partial charge is 0.394 e. The van der Waals surface area contributed by atoms with Crippen LogP contribution >= 0.6 is 0 Å². The number of H-pyrrole nitrogens is 1. The Morgan fingerprint density at radius 2 is 1.96 bits per heavy atom. The summed E-state index contributed by atoms with van der Waals surface area (Å²) >= 11 is 0. The highest BCUT2D eigenvalue weighted by molar-refractivity contribution is 5.89. The molecule has 4 nitrogen and oxygen atoms in total. The van der Waals surface area contributed by atoms with Crippen molar-refractivity contribution in [3.8, 4) is 11.1 Å². The summed E-state index contributed by atoms with van der Waals surface area (Å²) < 4.78 is 20.4. The molecule has 5 rings (SSSR count). The molecule has 1 saturated heterocycles. The molecule has 2 fully saturated rings. The predicted molar refractivity (Wildman–Crippen MR) is 106 cm³/mol. The zero-order valence-corrected chi connectivity index (χ0v) is 15.6. The Morgan fingerprint density at radius 3 is 2.61 bits per heavy atom. The van der Waals surface area contributed by atoms with Crippen LogP contribution in [0.1, 0.15) is 42.7 Å². The lowest BCUT2D eigenvalue weighted by atomic mass is 9.75. The Bertz CT molecular complexity index is 1010. The van der Waals surface area contributed by atoms with E-state index in [1.165, 1.54) is 0 Å². The van der Waals surface area contributed by atoms with Crippen molar-refractivity contribution in [2.24, 2.45) is 0 Å². The molecule has 1 aromatic heterocycles. The monoisotopic (exact) mass is 381 g/mol. The highest BCUT2D eigenvalue weighted by Gasteiger charge is 2.36. The lowest BCUT2D eigenvalue weighted by Gasteiger charge is -2.37. The highest BCUT2D eigenvalue weighted by Crippen LogP contribution is 2.42. The van der Waals surface area contributed by atoms with Gasteiger partial charge in [0.05, 0.1) is 24.9 Å². The zero-order valence-electron chi connectivity index (χ0n) is 15.6. The van der Waals surface area contributed by atoms with Gasteiger partial charge in [0.15, 0.2) is 0 Å². The number of benzene rings is 2. The van der Waals surface area contributed by atoms with Crippen molar-refractivity contribution in [3.05, 3.63) is 59.5 Å². The average Bonchev–Trinajstić information content (AvgIpc) is 3.32. The molecule has 5 heteroatoms. The number of hydrogen-bond donors (Lipinski definition) is 3. The molecule has 0 amide bonds. The van der Waals surface area contributed by atoms with Gasteiger partial charge in [-0.1, -0.05) is 24.3 Å². The summed E-state index contributed by atoms with van der Waals surface area (Å²) in [6.07, 6.45) is 5.19. The van der Waals surface area contributed by atoms with Gasteiger partial charge < -0.3 is 19.9 Å². The lowest BCUT2D eigenvalue weighted by Crippen LogP contribution is -2.33. The molecule has 2 unspecified atom stereocenters. The molecule has 2 aromatic carbocycles. The van der Waals surface area contributed by atoms with Gasteiger partial charge in [0.2, 0.25) is 0 Å². The first-order valence-corrected chi connectivity index (χ1v) is 9.94. The second kappa shape index (κ2) is 6.69. The molecule has 28 heavy (non-hydrogen) atoms. The molecule has 0 bridgehead atoms. The summed E-state index contributed by atoms with van der Waals surface area (Å²) in [6.45, 7) is 0.593. The van der Waals surface area contributed by atoms with Crippen LogP contribution in [0.3, 0.4) is 0 Å². The fourth-order valence-corrected chi connectivity index (χ4v) is 4.53. The van der Waals surface area contributed by atoms with Crippen LogP contribution in [0.25, 0.3) is 22.0 Å². The molecule has 1 aliphatic carbocycles. The van der Waals surface area contributed by atoms with Gasteiger partial charge in [-0.05, 0) is 54.5 Å². The molecular formula is C23H24FNO3. The maximum atomic E-state index is 14.8. The minimum atomic E-state index is -0.708. The van der Waals surface area contributed by atoms with Crippen LogP contribution in [0.4, 0.5) is 4.39 Å². The van der Waals surface area contributed by atoms with E-state index in [9.17, 15) is 14.6 Å². The summed E-state index contributed by atoms with van der Waals surface area (Å²) in [7, 11) is 0. The number of hydrogen-bond acceptors (Lipinski definition) is 3. The van der Waals surface area contributed by atoms with Crippen LogP contribution in [-0.4, -0.2) is 34.5 Å². The van der Waals surface area contributed by atoms with Gasteiger partial charge in [-0.3, -0.25) is 0 Å². The first-order chi connectivity index (χ1) is 13.6. The third-order valence-corrected chi connectivity index (χ3v) is 6.44. The number of fused-ring (bicyclic) bond motifs is 1. The summed E-state index contributed by atoms with van der Waals surface area (Å²) in [5.74, 6) is -0.0774. The smallest absolute Gasteiger partial charge is 0.133 e. The first kappa shape index (κ1) is 17.9. The van der Waals surface area contributed by atoms with Crippen molar-refractivity contribution in [3.63, 3.8) is 0 Å². The van der Waals surface area contributed by atoms with E-state index < -0.39 is 5.60 Å². The molecule has 0 spiro atoms. The Kier molecular flexibility index (Phi) is 4.27. The van der Waals surface area contributed by atoms with Crippen molar-refractivity contribution in [2.75, 3.05) is 13.2 Å². The number of halogens is 1. The number of rotatable bonds is 4. The van der Waals surface area contributed by atoms with Crippen LogP contribution in [0.5, 0.6) is 0 Å².